The molecular formula is C23H24N2O3S. The molecule has 3 rings (SSSR count). The highest BCUT2D eigenvalue weighted by Gasteiger charge is 2.14. The predicted octanol–water partition coefficient (Wildman–Crippen LogP) is 4.87. The molecule has 0 saturated heterocycles. The Balaban J connectivity index is 1.45. The van der Waals surface area contributed by atoms with Gasteiger partial charge in [0.2, 0.25) is 5.91 Å². The van der Waals surface area contributed by atoms with Gasteiger partial charge in [-0.1, -0.05) is 55.5 Å². The lowest BCUT2D eigenvalue weighted by Crippen LogP contribution is -2.15. The fourth-order valence-corrected chi connectivity index (χ4v) is 3.68. The highest BCUT2D eigenvalue weighted by molar-refractivity contribution is 7.09. The summed E-state index contributed by atoms with van der Waals surface area (Å²) in [5, 5.41) is 5.42. The third-order valence-corrected chi connectivity index (χ3v) is 5.45. The zero-order valence-electron chi connectivity index (χ0n) is 16.6. The van der Waals surface area contributed by atoms with Crippen LogP contribution in [0, 0.1) is 6.92 Å². The third kappa shape index (κ3) is 6.26. The van der Waals surface area contributed by atoms with Gasteiger partial charge in [-0.15, -0.1) is 11.3 Å². The number of nitrogens with one attached hydrogen (secondary N) is 1. The Morgan fingerprint density at radius 1 is 1.10 bits per heavy atom. The standard InChI is InChI=1S/C23H24N2O3S/c1-16-8-6-7-11-20(16)25-21(26)13-22-24-19(15-29-22)14-28-23(27)12-17(2)18-9-4-3-5-10-18/h3-11,15,17H,12-14H2,1-2H3,(H,25,26). The Morgan fingerprint density at radius 2 is 1.83 bits per heavy atom. The number of thiazole rings is 1. The van der Waals surface area contributed by atoms with E-state index in [1.54, 1.807) is 0 Å². The van der Waals surface area contributed by atoms with Crippen LogP contribution in [0.1, 0.15) is 41.1 Å². The molecule has 0 fully saturated rings. The van der Waals surface area contributed by atoms with Crippen molar-refractivity contribution in [1.82, 2.24) is 4.98 Å². The summed E-state index contributed by atoms with van der Waals surface area (Å²) in [6.45, 7) is 4.07. The van der Waals surface area contributed by atoms with E-state index in [9.17, 15) is 9.59 Å². The van der Waals surface area contributed by atoms with Crippen LogP contribution < -0.4 is 5.32 Å². The summed E-state index contributed by atoms with van der Waals surface area (Å²) in [4.78, 5) is 28.7. The topological polar surface area (TPSA) is 68.3 Å². The van der Waals surface area contributed by atoms with Gasteiger partial charge in [0.25, 0.3) is 0 Å². The number of carbonyl (C=O) groups is 2. The largest absolute Gasteiger partial charge is 0.459 e. The SMILES string of the molecule is Cc1ccccc1NC(=O)Cc1nc(COC(=O)CC(C)c2ccccc2)cs1. The summed E-state index contributed by atoms with van der Waals surface area (Å²) in [6.07, 6.45) is 0.512. The summed E-state index contributed by atoms with van der Waals surface area (Å²) < 4.78 is 5.35. The molecule has 0 radical (unpaired) electrons. The minimum Gasteiger partial charge on any atom is -0.459 e. The maximum Gasteiger partial charge on any atom is 0.306 e. The second kappa shape index (κ2) is 9.98. The smallest absolute Gasteiger partial charge is 0.306 e. The van der Waals surface area contributed by atoms with E-state index < -0.39 is 0 Å². The maximum absolute atomic E-state index is 12.2. The van der Waals surface area contributed by atoms with Crippen LogP contribution in [0.5, 0.6) is 0 Å². The molecular weight excluding hydrogens is 384 g/mol. The molecule has 6 heteroatoms. The van der Waals surface area contributed by atoms with E-state index >= 15 is 0 Å². The Morgan fingerprint density at radius 3 is 2.59 bits per heavy atom. The zero-order valence-corrected chi connectivity index (χ0v) is 17.4. The fourth-order valence-electron chi connectivity index (χ4n) is 2.90. The Labute approximate surface area is 174 Å². The van der Waals surface area contributed by atoms with Gasteiger partial charge in [0.15, 0.2) is 0 Å². The molecule has 1 heterocycles. The molecule has 0 saturated carbocycles. The molecule has 2 aromatic carbocycles. The number of rotatable bonds is 8. The first-order valence-electron chi connectivity index (χ1n) is 9.50. The highest BCUT2D eigenvalue weighted by Crippen LogP contribution is 2.20. The van der Waals surface area contributed by atoms with Gasteiger partial charge in [-0.25, -0.2) is 4.98 Å². The first-order valence-corrected chi connectivity index (χ1v) is 10.4. The predicted molar refractivity (Wildman–Crippen MR) is 115 cm³/mol. The van der Waals surface area contributed by atoms with Crippen LogP contribution in [0.25, 0.3) is 0 Å². The van der Waals surface area contributed by atoms with Gasteiger partial charge in [0.05, 0.1) is 18.5 Å². The lowest BCUT2D eigenvalue weighted by atomic mass is 9.98. The molecule has 1 unspecified atom stereocenters. The van der Waals surface area contributed by atoms with Crippen molar-refractivity contribution in [2.45, 2.75) is 39.2 Å². The molecule has 1 N–H and O–H groups in total. The van der Waals surface area contributed by atoms with Crippen molar-refractivity contribution in [1.29, 1.82) is 0 Å². The number of amides is 1. The van der Waals surface area contributed by atoms with Crippen LogP contribution in [-0.4, -0.2) is 16.9 Å². The summed E-state index contributed by atoms with van der Waals surface area (Å²) in [6, 6.07) is 17.5. The molecule has 0 aliphatic heterocycles. The molecule has 1 amide bonds. The average Bonchev–Trinajstić information content (AvgIpc) is 3.16. The Hall–Kier alpha value is -2.99. The van der Waals surface area contributed by atoms with E-state index in [1.165, 1.54) is 11.3 Å². The number of carbonyl (C=O) groups excluding carboxylic acids is 2. The normalized spacial score (nSPS) is 11.7. The van der Waals surface area contributed by atoms with Crippen LogP contribution in [0.4, 0.5) is 5.69 Å². The third-order valence-electron chi connectivity index (χ3n) is 4.55. The number of para-hydroxylation sites is 1. The zero-order chi connectivity index (χ0) is 20.6. The number of ether oxygens (including phenoxy) is 1. The van der Waals surface area contributed by atoms with Crippen LogP contribution in [-0.2, 0) is 27.4 Å². The molecule has 5 nitrogen and oxygen atoms in total. The van der Waals surface area contributed by atoms with Crippen LogP contribution in [0.15, 0.2) is 60.0 Å². The molecule has 0 aliphatic carbocycles. The van der Waals surface area contributed by atoms with Crippen molar-refractivity contribution in [2.75, 3.05) is 5.32 Å². The number of aromatic nitrogens is 1. The fraction of sp³-hybridized carbons (Fsp3) is 0.261. The van der Waals surface area contributed by atoms with E-state index in [0.29, 0.717) is 17.1 Å². The average molecular weight is 409 g/mol. The number of hydrogen-bond donors (Lipinski definition) is 1. The van der Waals surface area contributed by atoms with Gasteiger partial charge >= 0.3 is 5.97 Å². The van der Waals surface area contributed by atoms with Gasteiger partial charge in [-0.05, 0) is 30.0 Å². The molecule has 150 valence electrons. The number of benzene rings is 2. The van der Waals surface area contributed by atoms with Crippen LogP contribution >= 0.6 is 11.3 Å². The number of aryl methyl sites for hydroxylation is 1. The molecule has 29 heavy (non-hydrogen) atoms. The summed E-state index contributed by atoms with van der Waals surface area (Å²) >= 11 is 1.39. The van der Waals surface area contributed by atoms with Crippen molar-refractivity contribution in [2.24, 2.45) is 0 Å². The molecule has 1 atom stereocenters. The number of nitrogens with zero attached hydrogens (tertiary/aromatic N) is 1. The lowest BCUT2D eigenvalue weighted by molar-refractivity contribution is -0.145. The van der Waals surface area contributed by atoms with Crippen molar-refractivity contribution in [3.8, 4) is 0 Å². The van der Waals surface area contributed by atoms with Crippen molar-refractivity contribution in [3.63, 3.8) is 0 Å². The summed E-state index contributed by atoms with van der Waals surface area (Å²) in [5.41, 5.74) is 3.59. The second-order valence-electron chi connectivity index (χ2n) is 6.95. The number of anilines is 1. The van der Waals surface area contributed by atoms with Crippen LogP contribution in [0.3, 0.4) is 0 Å². The van der Waals surface area contributed by atoms with Gasteiger partial charge in [-0.3, -0.25) is 9.59 Å². The summed E-state index contributed by atoms with van der Waals surface area (Å²) in [7, 11) is 0. The molecule has 3 aromatic rings. The number of esters is 1. The van der Waals surface area contributed by atoms with E-state index in [0.717, 1.165) is 16.8 Å². The minimum atomic E-state index is -0.256. The van der Waals surface area contributed by atoms with Gasteiger partial charge < -0.3 is 10.1 Å². The molecule has 1 aromatic heterocycles. The van der Waals surface area contributed by atoms with Gasteiger partial charge in [-0.2, -0.15) is 0 Å². The molecule has 0 aliphatic rings. The van der Waals surface area contributed by atoms with E-state index in [2.05, 4.69) is 10.3 Å². The van der Waals surface area contributed by atoms with Crippen molar-refractivity contribution < 1.29 is 14.3 Å². The minimum absolute atomic E-state index is 0.0971. The van der Waals surface area contributed by atoms with E-state index in [1.807, 2.05) is 73.8 Å². The van der Waals surface area contributed by atoms with Crippen LogP contribution in [0.2, 0.25) is 0 Å². The van der Waals surface area contributed by atoms with E-state index in [-0.39, 0.29) is 30.8 Å². The lowest BCUT2D eigenvalue weighted by Gasteiger charge is -2.10. The number of hydrogen-bond acceptors (Lipinski definition) is 5. The second-order valence-corrected chi connectivity index (χ2v) is 7.89. The maximum atomic E-state index is 12.2. The highest BCUT2D eigenvalue weighted by atomic mass is 32.1. The first-order chi connectivity index (χ1) is 14.0. The first kappa shape index (κ1) is 20.7. The van der Waals surface area contributed by atoms with Gasteiger partial charge in [0, 0.05) is 11.1 Å². The quantitative estimate of drug-likeness (QED) is 0.540. The van der Waals surface area contributed by atoms with E-state index in [4.69, 9.17) is 4.74 Å². The summed E-state index contributed by atoms with van der Waals surface area (Å²) in [5.74, 6) is -0.276. The monoisotopic (exact) mass is 408 g/mol. The molecule has 0 bridgehead atoms. The Bertz CT molecular complexity index is 969. The van der Waals surface area contributed by atoms with Gasteiger partial charge in [0.1, 0.15) is 11.6 Å². The van der Waals surface area contributed by atoms with Crippen molar-refractivity contribution >= 4 is 28.9 Å². The van der Waals surface area contributed by atoms with Crippen molar-refractivity contribution in [3.05, 3.63) is 81.8 Å². The molecule has 0 spiro atoms. The Kier molecular flexibility index (Phi) is 7.14.